The second-order valence-corrected chi connectivity index (χ2v) is 5.60. The van der Waals surface area contributed by atoms with Crippen LogP contribution in [0, 0.1) is 0 Å². The smallest absolute Gasteiger partial charge is 0.237 e. The quantitative estimate of drug-likeness (QED) is 0.662. The molecule has 3 nitrogen and oxygen atoms in total. The molecule has 0 aliphatic rings. The second kappa shape index (κ2) is 6.29. The maximum Gasteiger partial charge on any atom is 0.237 e. The number of thioether (sulfide) groups is 1. The lowest BCUT2D eigenvalue weighted by atomic mass is 10.3. The fourth-order valence-corrected chi connectivity index (χ4v) is 2.46. The number of benzene rings is 2. The first kappa shape index (κ1) is 13.5. The molecule has 2 rings (SSSR count). The zero-order valence-corrected chi connectivity index (χ0v) is 11.5. The molecule has 0 spiro atoms. The maximum absolute atomic E-state index is 12.0. The Morgan fingerprint density at radius 1 is 1.11 bits per heavy atom. The summed E-state index contributed by atoms with van der Waals surface area (Å²) >= 11 is 1.54. The number of hydrogen-bond acceptors (Lipinski definition) is 3. The van der Waals surface area contributed by atoms with Gasteiger partial charge in [0.05, 0.1) is 5.25 Å². The van der Waals surface area contributed by atoms with E-state index in [0.29, 0.717) is 5.69 Å². The van der Waals surface area contributed by atoms with Crippen LogP contribution >= 0.6 is 11.8 Å². The summed E-state index contributed by atoms with van der Waals surface area (Å²) < 4.78 is 0. The fraction of sp³-hybridized carbons (Fsp3) is 0.133. The van der Waals surface area contributed by atoms with Crippen LogP contribution in [0.15, 0.2) is 59.5 Å². The minimum Gasteiger partial charge on any atom is -0.399 e. The summed E-state index contributed by atoms with van der Waals surface area (Å²) in [6.45, 7) is 1.89. The third-order valence-electron chi connectivity index (χ3n) is 2.60. The fourth-order valence-electron chi connectivity index (χ4n) is 1.57. The average Bonchev–Trinajstić information content (AvgIpc) is 2.42. The van der Waals surface area contributed by atoms with E-state index in [-0.39, 0.29) is 11.2 Å². The maximum atomic E-state index is 12.0. The second-order valence-electron chi connectivity index (χ2n) is 4.18. The van der Waals surface area contributed by atoms with Crippen LogP contribution in [-0.4, -0.2) is 11.2 Å². The van der Waals surface area contributed by atoms with E-state index in [9.17, 15) is 4.79 Å². The van der Waals surface area contributed by atoms with Crippen LogP contribution in [0.1, 0.15) is 6.92 Å². The first-order chi connectivity index (χ1) is 9.15. The highest BCUT2D eigenvalue weighted by Crippen LogP contribution is 2.23. The van der Waals surface area contributed by atoms with Crippen molar-refractivity contribution in [2.75, 3.05) is 11.1 Å². The summed E-state index contributed by atoms with van der Waals surface area (Å²) in [5.74, 6) is -0.0152. The van der Waals surface area contributed by atoms with Gasteiger partial charge in [0, 0.05) is 16.3 Å². The van der Waals surface area contributed by atoms with Gasteiger partial charge in [-0.25, -0.2) is 0 Å². The predicted octanol–water partition coefficient (Wildman–Crippen LogP) is 3.39. The molecular formula is C15H16N2OS. The predicted molar refractivity (Wildman–Crippen MR) is 81.2 cm³/mol. The van der Waals surface area contributed by atoms with Crippen molar-refractivity contribution >= 4 is 29.0 Å². The monoisotopic (exact) mass is 272 g/mol. The Bertz CT molecular complexity index is 540. The van der Waals surface area contributed by atoms with Crippen LogP contribution in [0.2, 0.25) is 0 Å². The minimum absolute atomic E-state index is 0.0152. The Labute approximate surface area is 117 Å². The first-order valence-electron chi connectivity index (χ1n) is 6.03. The van der Waals surface area contributed by atoms with Crippen molar-refractivity contribution < 1.29 is 4.79 Å². The lowest BCUT2D eigenvalue weighted by Crippen LogP contribution is -2.22. The van der Waals surface area contributed by atoms with Gasteiger partial charge in [-0.05, 0) is 43.3 Å². The largest absolute Gasteiger partial charge is 0.399 e. The molecule has 0 saturated carbocycles. The molecule has 0 aromatic heterocycles. The summed E-state index contributed by atoms with van der Waals surface area (Å²) in [5, 5.41) is 2.72. The van der Waals surface area contributed by atoms with Crippen molar-refractivity contribution in [1.29, 1.82) is 0 Å². The minimum atomic E-state index is -0.153. The molecule has 0 saturated heterocycles. The number of rotatable bonds is 4. The van der Waals surface area contributed by atoms with E-state index in [1.165, 1.54) is 11.8 Å². The van der Waals surface area contributed by atoms with E-state index in [4.69, 9.17) is 5.73 Å². The van der Waals surface area contributed by atoms with Gasteiger partial charge in [0.25, 0.3) is 0 Å². The van der Waals surface area contributed by atoms with Crippen molar-refractivity contribution in [1.82, 2.24) is 0 Å². The molecule has 0 bridgehead atoms. The molecular weight excluding hydrogens is 256 g/mol. The Morgan fingerprint density at radius 2 is 1.74 bits per heavy atom. The Balaban J connectivity index is 1.94. The number of amides is 1. The number of carbonyl (C=O) groups is 1. The number of nitrogens with one attached hydrogen (secondary N) is 1. The molecule has 98 valence electrons. The first-order valence-corrected chi connectivity index (χ1v) is 6.91. The molecule has 0 heterocycles. The topological polar surface area (TPSA) is 55.1 Å². The molecule has 4 heteroatoms. The van der Waals surface area contributed by atoms with Gasteiger partial charge in [-0.2, -0.15) is 0 Å². The highest BCUT2D eigenvalue weighted by molar-refractivity contribution is 8.00. The highest BCUT2D eigenvalue weighted by Gasteiger charge is 2.14. The van der Waals surface area contributed by atoms with Gasteiger partial charge in [-0.3, -0.25) is 4.79 Å². The number of nitrogens with two attached hydrogens (primary N) is 1. The Morgan fingerprint density at radius 3 is 2.37 bits per heavy atom. The van der Waals surface area contributed by atoms with Crippen LogP contribution in [-0.2, 0) is 4.79 Å². The summed E-state index contributed by atoms with van der Waals surface area (Å²) in [7, 11) is 0. The normalized spacial score (nSPS) is 11.8. The zero-order chi connectivity index (χ0) is 13.7. The van der Waals surface area contributed by atoms with E-state index >= 15 is 0 Å². The van der Waals surface area contributed by atoms with E-state index in [0.717, 1.165) is 10.6 Å². The molecule has 19 heavy (non-hydrogen) atoms. The van der Waals surface area contributed by atoms with Gasteiger partial charge in [0.1, 0.15) is 0 Å². The third-order valence-corrected chi connectivity index (χ3v) is 3.72. The Kier molecular flexibility index (Phi) is 4.47. The van der Waals surface area contributed by atoms with Gasteiger partial charge in [0.2, 0.25) is 5.91 Å². The molecule has 1 amide bonds. The summed E-state index contributed by atoms with van der Waals surface area (Å²) in [4.78, 5) is 13.1. The summed E-state index contributed by atoms with van der Waals surface area (Å²) in [5.41, 5.74) is 7.05. The van der Waals surface area contributed by atoms with Gasteiger partial charge in [-0.15, -0.1) is 11.8 Å². The SMILES string of the molecule is CC(Sc1ccccc1)C(=O)Nc1ccc(N)cc1. The van der Waals surface area contributed by atoms with Crippen LogP contribution in [0.5, 0.6) is 0 Å². The number of carbonyl (C=O) groups excluding carboxylic acids is 1. The molecule has 2 aromatic rings. The number of nitrogen functional groups attached to an aromatic ring is 1. The van der Waals surface area contributed by atoms with Crippen molar-refractivity contribution in [2.45, 2.75) is 17.1 Å². The molecule has 0 aliphatic heterocycles. The summed E-state index contributed by atoms with van der Waals surface area (Å²) in [6.07, 6.45) is 0. The molecule has 0 aliphatic carbocycles. The van der Waals surface area contributed by atoms with E-state index < -0.39 is 0 Å². The molecule has 1 unspecified atom stereocenters. The van der Waals surface area contributed by atoms with Crippen molar-refractivity contribution in [3.63, 3.8) is 0 Å². The molecule has 0 radical (unpaired) electrons. The lowest BCUT2D eigenvalue weighted by molar-refractivity contribution is -0.115. The van der Waals surface area contributed by atoms with E-state index in [2.05, 4.69) is 5.32 Å². The van der Waals surface area contributed by atoms with Crippen LogP contribution < -0.4 is 11.1 Å². The van der Waals surface area contributed by atoms with Crippen LogP contribution in [0.3, 0.4) is 0 Å². The van der Waals surface area contributed by atoms with Gasteiger partial charge < -0.3 is 11.1 Å². The molecule has 3 N–H and O–H groups in total. The van der Waals surface area contributed by atoms with E-state index in [1.54, 1.807) is 24.3 Å². The van der Waals surface area contributed by atoms with Gasteiger partial charge in [0.15, 0.2) is 0 Å². The summed E-state index contributed by atoms with van der Waals surface area (Å²) in [6, 6.07) is 17.0. The average molecular weight is 272 g/mol. The standard InChI is InChI=1S/C15H16N2OS/c1-11(19-14-5-3-2-4-6-14)15(18)17-13-9-7-12(16)8-10-13/h2-11H,16H2,1H3,(H,17,18). The molecule has 1 atom stereocenters. The van der Waals surface area contributed by atoms with Crippen LogP contribution in [0.4, 0.5) is 11.4 Å². The number of hydrogen-bond donors (Lipinski definition) is 2. The van der Waals surface area contributed by atoms with Crippen molar-refractivity contribution in [2.24, 2.45) is 0 Å². The highest BCUT2D eigenvalue weighted by atomic mass is 32.2. The third kappa shape index (κ3) is 4.03. The molecule has 2 aromatic carbocycles. The zero-order valence-electron chi connectivity index (χ0n) is 10.7. The Hall–Kier alpha value is -1.94. The van der Waals surface area contributed by atoms with Crippen LogP contribution in [0.25, 0.3) is 0 Å². The number of anilines is 2. The van der Waals surface area contributed by atoms with Gasteiger partial charge >= 0.3 is 0 Å². The van der Waals surface area contributed by atoms with Crippen molar-refractivity contribution in [3.8, 4) is 0 Å². The van der Waals surface area contributed by atoms with Crippen molar-refractivity contribution in [3.05, 3.63) is 54.6 Å². The lowest BCUT2D eigenvalue weighted by Gasteiger charge is -2.12. The molecule has 0 fully saturated rings. The van der Waals surface area contributed by atoms with E-state index in [1.807, 2.05) is 37.3 Å². The van der Waals surface area contributed by atoms with Gasteiger partial charge in [-0.1, -0.05) is 18.2 Å².